The maximum absolute atomic E-state index is 10.8. The molecule has 14 heavy (non-hydrogen) atoms. The smallest absolute Gasteiger partial charge is 0.372 e. The summed E-state index contributed by atoms with van der Waals surface area (Å²) in [5.41, 5.74) is 5.77. The molecule has 0 fully saturated rings. The molecule has 0 spiro atoms. The molecule has 0 unspecified atom stereocenters. The Balaban J connectivity index is 3.20. The maximum atomic E-state index is 10.8. The molecule has 78 valence electrons. The molecular formula is C10H15NO3. The van der Waals surface area contributed by atoms with Gasteiger partial charge in [-0.25, -0.2) is 4.79 Å². The van der Waals surface area contributed by atoms with Crippen LogP contribution in [0.3, 0.4) is 0 Å². The van der Waals surface area contributed by atoms with Gasteiger partial charge in [-0.1, -0.05) is 20.8 Å². The lowest BCUT2D eigenvalue weighted by atomic mass is 9.93. The molecule has 0 atom stereocenters. The first-order chi connectivity index (χ1) is 6.36. The molecule has 4 heteroatoms. The number of rotatable bonds is 2. The molecule has 0 aliphatic carbocycles. The van der Waals surface area contributed by atoms with Crippen molar-refractivity contribution in [3.63, 3.8) is 0 Å². The predicted molar refractivity (Wildman–Crippen MR) is 52.3 cm³/mol. The van der Waals surface area contributed by atoms with Crippen LogP contribution in [0.5, 0.6) is 0 Å². The molecule has 0 bridgehead atoms. The fourth-order valence-corrected chi connectivity index (χ4v) is 1.13. The van der Waals surface area contributed by atoms with Gasteiger partial charge >= 0.3 is 5.97 Å². The van der Waals surface area contributed by atoms with Crippen molar-refractivity contribution >= 4 is 5.97 Å². The number of carboxylic acids is 1. The molecule has 1 rings (SSSR count). The average molecular weight is 197 g/mol. The summed E-state index contributed by atoms with van der Waals surface area (Å²) in [4.78, 5) is 10.8. The Bertz CT molecular complexity index is 347. The summed E-state index contributed by atoms with van der Waals surface area (Å²) >= 11 is 0. The van der Waals surface area contributed by atoms with Crippen LogP contribution in [0.2, 0.25) is 0 Å². The largest absolute Gasteiger partial charge is 0.475 e. The molecule has 3 N–H and O–H groups in total. The summed E-state index contributed by atoms with van der Waals surface area (Å²) in [7, 11) is 0. The maximum Gasteiger partial charge on any atom is 0.372 e. The lowest BCUT2D eigenvalue weighted by Gasteiger charge is -2.13. The molecule has 0 aliphatic heterocycles. The van der Waals surface area contributed by atoms with Crippen molar-refractivity contribution in [3.8, 4) is 0 Å². The number of aromatic carboxylic acids is 1. The van der Waals surface area contributed by atoms with Crippen LogP contribution in [0.25, 0.3) is 0 Å². The van der Waals surface area contributed by atoms with Gasteiger partial charge < -0.3 is 15.3 Å². The highest BCUT2D eigenvalue weighted by atomic mass is 16.4. The Hall–Kier alpha value is -1.29. The molecule has 1 heterocycles. The number of furan rings is 1. The van der Waals surface area contributed by atoms with Crippen LogP contribution in [0.1, 0.15) is 42.6 Å². The van der Waals surface area contributed by atoms with Crippen molar-refractivity contribution in [3.05, 3.63) is 23.2 Å². The average Bonchev–Trinajstić information content (AvgIpc) is 2.45. The molecule has 0 radical (unpaired) electrons. The van der Waals surface area contributed by atoms with Gasteiger partial charge in [-0.15, -0.1) is 0 Å². The lowest BCUT2D eigenvalue weighted by molar-refractivity contribution is 0.0657. The molecule has 1 aromatic heterocycles. The van der Waals surface area contributed by atoms with E-state index in [-0.39, 0.29) is 17.7 Å². The monoisotopic (exact) mass is 197 g/mol. The van der Waals surface area contributed by atoms with Crippen molar-refractivity contribution in [1.82, 2.24) is 0 Å². The normalized spacial score (nSPS) is 11.7. The minimum Gasteiger partial charge on any atom is -0.475 e. The fraction of sp³-hybridized carbons (Fsp3) is 0.500. The van der Waals surface area contributed by atoms with Gasteiger partial charge in [0.2, 0.25) is 5.76 Å². The van der Waals surface area contributed by atoms with Crippen LogP contribution < -0.4 is 5.73 Å². The number of carbonyl (C=O) groups is 1. The van der Waals surface area contributed by atoms with Crippen molar-refractivity contribution in [2.75, 3.05) is 0 Å². The molecular weight excluding hydrogens is 182 g/mol. The van der Waals surface area contributed by atoms with Crippen molar-refractivity contribution < 1.29 is 14.3 Å². The number of nitrogens with two attached hydrogens (primary N) is 1. The highest BCUT2D eigenvalue weighted by molar-refractivity contribution is 5.86. The summed E-state index contributed by atoms with van der Waals surface area (Å²) in [6.45, 7) is 6.05. The van der Waals surface area contributed by atoms with E-state index in [1.807, 2.05) is 20.8 Å². The van der Waals surface area contributed by atoms with E-state index >= 15 is 0 Å². The van der Waals surface area contributed by atoms with Gasteiger partial charge in [0.1, 0.15) is 5.76 Å². The first-order valence-corrected chi connectivity index (χ1v) is 4.43. The standard InChI is InChI=1S/C10H15NO3/c1-10(2,3)7-4-6(5-11)8(14-7)9(12)13/h4H,5,11H2,1-3H3,(H,12,13). The molecule has 1 aromatic rings. The Morgan fingerprint density at radius 2 is 2.14 bits per heavy atom. The minimum atomic E-state index is -1.07. The van der Waals surface area contributed by atoms with Crippen molar-refractivity contribution in [1.29, 1.82) is 0 Å². The van der Waals surface area contributed by atoms with Gasteiger partial charge in [0.15, 0.2) is 0 Å². The van der Waals surface area contributed by atoms with Gasteiger partial charge in [-0.05, 0) is 6.07 Å². The second-order valence-electron chi connectivity index (χ2n) is 4.22. The molecule has 0 aromatic carbocycles. The van der Waals surface area contributed by atoms with Crippen LogP contribution in [-0.2, 0) is 12.0 Å². The highest BCUT2D eigenvalue weighted by Crippen LogP contribution is 2.27. The summed E-state index contributed by atoms with van der Waals surface area (Å²) in [5.74, 6) is -0.464. The topological polar surface area (TPSA) is 76.5 Å². The van der Waals surface area contributed by atoms with Crippen LogP contribution in [0, 0.1) is 0 Å². The molecule has 4 nitrogen and oxygen atoms in total. The molecule has 0 amide bonds. The van der Waals surface area contributed by atoms with E-state index < -0.39 is 5.97 Å². The van der Waals surface area contributed by atoms with Crippen LogP contribution in [0.4, 0.5) is 0 Å². The van der Waals surface area contributed by atoms with E-state index in [0.29, 0.717) is 11.3 Å². The van der Waals surface area contributed by atoms with Crippen LogP contribution >= 0.6 is 0 Å². The van der Waals surface area contributed by atoms with E-state index in [4.69, 9.17) is 15.3 Å². The summed E-state index contributed by atoms with van der Waals surface area (Å²) in [6.07, 6.45) is 0. The van der Waals surface area contributed by atoms with Crippen molar-refractivity contribution in [2.45, 2.75) is 32.7 Å². The summed E-state index contributed by atoms with van der Waals surface area (Å²) in [5, 5.41) is 8.83. The number of carboxylic acid groups (broad SMARTS) is 1. The van der Waals surface area contributed by atoms with Gasteiger partial charge in [-0.2, -0.15) is 0 Å². The SMILES string of the molecule is CC(C)(C)c1cc(CN)c(C(=O)O)o1. The third-order valence-corrected chi connectivity index (χ3v) is 1.96. The van der Waals surface area contributed by atoms with Crippen LogP contribution in [0.15, 0.2) is 10.5 Å². The Morgan fingerprint density at radius 1 is 1.57 bits per heavy atom. The number of hydrogen-bond donors (Lipinski definition) is 2. The predicted octanol–water partition coefficient (Wildman–Crippen LogP) is 1.73. The van der Waals surface area contributed by atoms with Gasteiger partial charge in [-0.3, -0.25) is 0 Å². The van der Waals surface area contributed by atoms with Gasteiger partial charge in [0.05, 0.1) is 0 Å². The Kier molecular flexibility index (Phi) is 2.66. The van der Waals surface area contributed by atoms with Crippen molar-refractivity contribution in [2.24, 2.45) is 5.73 Å². The third-order valence-electron chi connectivity index (χ3n) is 1.96. The summed E-state index contributed by atoms with van der Waals surface area (Å²) < 4.78 is 5.25. The van der Waals surface area contributed by atoms with Gasteiger partial charge in [0.25, 0.3) is 0 Å². The first kappa shape index (κ1) is 10.8. The Morgan fingerprint density at radius 3 is 2.43 bits per heavy atom. The second-order valence-corrected chi connectivity index (χ2v) is 4.22. The zero-order valence-corrected chi connectivity index (χ0v) is 8.63. The zero-order valence-electron chi connectivity index (χ0n) is 8.63. The highest BCUT2D eigenvalue weighted by Gasteiger charge is 2.23. The zero-order chi connectivity index (χ0) is 10.9. The third kappa shape index (κ3) is 1.96. The molecule has 0 saturated carbocycles. The van der Waals surface area contributed by atoms with E-state index in [0.717, 1.165) is 0 Å². The van der Waals surface area contributed by atoms with E-state index in [9.17, 15) is 4.79 Å². The summed E-state index contributed by atoms with van der Waals surface area (Å²) in [6, 6.07) is 1.71. The first-order valence-electron chi connectivity index (χ1n) is 4.43. The van der Waals surface area contributed by atoms with Gasteiger partial charge in [0, 0.05) is 17.5 Å². The van der Waals surface area contributed by atoms with E-state index in [1.165, 1.54) is 0 Å². The number of hydrogen-bond acceptors (Lipinski definition) is 3. The minimum absolute atomic E-state index is 0.0441. The van der Waals surface area contributed by atoms with Crippen LogP contribution in [-0.4, -0.2) is 11.1 Å². The second kappa shape index (κ2) is 3.46. The fourth-order valence-electron chi connectivity index (χ4n) is 1.13. The molecule has 0 aliphatic rings. The van der Waals surface area contributed by atoms with E-state index in [1.54, 1.807) is 6.07 Å². The molecule has 0 saturated heterocycles. The Labute approximate surface area is 82.7 Å². The lowest BCUT2D eigenvalue weighted by Crippen LogP contribution is -2.09. The van der Waals surface area contributed by atoms with E-state index in [2.05, 4.69) is 0 Å². The quantitative estimate of drug-likeness (QED) is 0.757.